The molecular weight excluding hydrogens is 741 g/mol. The Morgan fingerprint density at radius 1 is 0.845 bits per heavy atom. The van der Waals surface area contributed by atoms with E-state index in [1.165, 1.54) is 6.42 Å². The lowest BCUT2D eigenvalue weighted by Crippen LogP contribution is -2.46. The summed E-state index contributed by atoms with van der Waals surface area (Å²) in [4.78, 5) is 64.2. The Labute approximate surface area is 337 Å². The molecule has 2 saturated heterocycles. The minimum Gasteiger partial charge on any atom is -0.387 e. The molecule has 3 fully saturated rings. The number of benzene rings is 1. The topological polar surface area (TPSA) is 210 Å². The number of nitrogens with zero attached hydrogens (tertiary/aromatic N) is 8. The average Bonchev–Trinajstić information content (AvgIpc) is 3.83. The van der Waals surface area contributed by atoms with Crippen LogP contribution >= 0.6 is 0 Å². The number of aryl methyl sites for hydroxylation is 2. The van der Waals surface area contributed by atoms with E-state index >= 15 is 0 Å². The van der Waals surface area contributed by atoms with Crippen molar-refractivity contribution in [3.05, 3.63) is 88.6 Å². The summed E-state index contributed by atoms with van der Waals surface area (Å²) in [5.74, 6) is 1.51. The van der Waals surface area contributed by atoms with Crippen molar-refractivity contribution in [2.45, 2.75) is 64.1 Å². The Bertz CT molecular complexity index is 2080. The summed E-state index contributed by atoms with van der Waals surface area (Å²) < 4.78 is 0. The van der Waals surface area contributed by atoms with E-state index in [2.05, 4.69) is 81.1 Å². The van der Waals surface area contributed by atoms with Gasteiger partial charge in [0.1, 0.15) is 18.2 Å². The van der Waals surface area contributed by atoms with Crippen LogP contribution in [0.5, 0.6) is 0 Å². The molecule has 7 N–H and O–H groups in total. The largest absolute Gasteiger partial charge is 0.387 e. The number of carbonyl (C=O) groups is 3. The first kappa shape index (κ1) is 41.3. The third-order valence-electron chi connectivity index (χ3n) is 11.0. The van der Waals surface area contributed by atoms with Crippen LogP contribution in [-0.2, 0) is 9.59 Å². The smallest absolute Gasteiger partial charge is 0.320 e. The number of likely N-dealkylation sites (tertiary alicyclic amines) is 2. The number of aliphatic hydroxyl groups excluding tert-OH is 1. The van der Waals surface area contributed by atoms with E-state index in [4.69, 9.17) is 23.2 Å². The molecular formula is C40H50N14O4. The van der Waals surface area contributed by atoms with E-state index in [9.17, 15) is 14.4 Å². The summed E-state index contributed by atoms with van der Waals surface area (Å²) in [5.41, 5.74) is 6.97. The first-order valence-electron chi connectivity index (χ1n) is 19.5. The molecule has 6 atom stereocenters. The third kappa shape index (κ3) is 10.1. The monoisotopic (exact) mass is 790 g/mol. The van der Waals surface area contributed by atoms with Crippen molar-refractivity contribution < 1.29 is 19.5 Å². The standard InChI is InChI=1S/C20H23N7O3.C20H27N7O/c1-13-10-22-20(23-14-6-5-9-27(11-14)17(29)12-28)25-18(13)24-16-8-4-3-7-15(16)19(30)26-21-2;1-12-10-22-20(23-15-5-4-8-27(3)11-15)25-18(12)24-17-14-7-6-13(9-14)16(17)19(28)26-21-2/h3-4,7-8,10,14,28H,5-6,9,11-12H2,1H3,(H,26,30)(H2,22,23,24,25);6-7,10,13-17H,4-5,8-9,11H2,1,3H3,(H,26,28)(H2,22,23,24,25)/t14-;13?,14?,15-,16?,17?/m00/s1. The number of rotatable bonds is 11. The lowest BCUT2D eigenvalue weighted by Gasteiger charge is -2.32. The highest BCUT2D eigenvalue weighted by Gasteiger charge is 2.49. The number of para-hydroxylation sites is 1. The Hall–Kier alpha value is -6.37. The number of carbonyl (C=O) groups excluding carboxylic acids is 3. The van der Waals surface area contributed by atoms with Gasteiger partial charge in [-0.2, -0.15) is 33.0 Å². The van der Waals surface area contributed by atoms with Crippen molar-refractivity contribution in [3.63, 3.8) is 0 Å². The zero-order valence-corrected chi connectivity index (χ0v) is 32.9. The molecule has 18 heteroatoms. The number of nitrogens with one attached hydrogen (secondary N) is 6. The van der Waals surface area contributed by atoms with Crippen LogP contribution in [0.2, 0.25) is 0 Å². The summed E-state index contributed by atoms with van der Waals surface area (Å²) in [6.07, 6.45) is 12.7. The highest BCUT2D eigenvalue weighted by atomic mass is 16.3. The Morgan fingerprint density at radius 3 is 2.17 bits per heavy atom. The number of fused-ring (bicyclic) bond motifs is 2. The van der Waals surface area contributed by atoms with Crippen molar-refractivity contribution in [1.29, 1.82) is 0 Å². The SMILES string of the molecule is [C-]#[N+]NC(=O)C1C2C=CC(C2)C1Nc1nc(N[C@H]2CCCN(C)C2)ncc1C.[C-]#[N+]NC(=O)c1ccccc1Nc1nc(N[C@H]2CCCN(C(=O)CO)C2)ncc1C. The van der Waals surface area contributed by atoms with Gasteiger partial charge in [0.15, 0.2) is 0 Å². The van der Waals surface area contributed by atoms with Gasteiger partial charge in [-0.15, -0.1) is 0 Å². The van der Waals surface area contributed by atoms with Gasteiger partial charge in [-0.1, -0.05) is 29.7 Å². The van der Waals surface area contributed by atoms with Crippen LogP contribution in [0.4, 0.5) is 29.2 Å². The molecule has 2 aliphatic heterocycles. The molecule has 2 bridgehead atoms. The van der Waals surface area contributed by atoms with E-state index < -0.39 is 12.5 Å². The summed E-state index contributed by atoms with van der Waals surface area (Å²) in [6, 6.07) is 7.10. The van der Waals surface area contributed by atoms with Gasteiger partial charge in [-0.05, 0) is 88.9 Å². The molecule has 4 aliphatic rings. The first-order chi connectivity index (χ1) is 28.1. The zero-order chi connectivity index (χ0) is 41.2. The Kier molecular flexibility index (Phi) is 13.6. The fraction of sp³-hybridized carbons (Fsp3) is 0.475. The van der Waals surface area contributed by atoms with Crippen molar-refractivity contribution >= 4 is 46.9 Å². The van der Waals surface area contributed by atoms with Gasteiger partial charge in [0, 0.05) is 61.3 Å². The lowest BCUT2D eigenvalue weighted by molar-refractivity contribution is -0.135. The molecule has 4 heterocycles. The quantitative estimate of drug-likeness (QED) is 0.0846. The highest BCUT2D eigenvalue weighted by Crippen LogP contribution is 2.45. The predicted octanol–water partition coefficient (Wildman–Crippen LogP) is 3.33. The van der Waals surface area contributed by atoms with Crippen molar-refractivity contribution in [2.24, 2.45) is 17.8 Å². The molecule has 0 spiro atoms. The maximum Gasteiger partial charge on any atom is 0.320 e. The average molecular weight is 791 g/mol. The normalized spacial score (nSPS) is 23.3. The minimum absolute atomic E-state index is 0.0264. The molecule has 58 heavy (non-hydrogen) atoms. The first-order valence-corrected chi connectivity index (χ1v) is 19.5. The van der Waals surface area contributed by atoms with Crippen LogP contribution in [0, 0.1) is 44.7 Å². The molecule has 1 saturated carbocycles. The fourth-order valence-electron chi connectivity index (χ4n) is 8.06. The van der Waals surface area contributed by atoms with Gasteiger partial charge in [0.25, 0.3) is 5.91 Å². The number of hydrogen-bond acceptors (Lipinski definition) is 13. The molecule has 0 radical (unpaired) electrons. The zero-order valence-electron chi connectivity index (χ0n) is 32.9. The molecule has 3 amide bonds. The summed E-state index contributed by atoms with van der Waals surface area (Å²) >= 11 is 0. The van der Waals surface area contributed by atoms with Crippen molar-refractivity contribution in [1.82, 2.24) is 40.6 Å². The van der Waals surface area contributed by atoms with E-state index in [-0.39, 0.29) is 41.7 Å². The van der Waals surface area contributed by atoms with E-state index in [1.54, 1.807) is 35.4 Å². The van der Waals surface area contributed by atoms with Crippen LogP contribution in [0.3, 0.4) is 0 Å². The summed E-state index contributed by atoms with van der Waals surface area (Å²) in [5, 5.41) is 22.4. The highest BCUT2D eigenvalue weighted by molar-refractivity contribution is 6.00. The minimum atomic E-state index is -0.506. The van der Waals surface area contributed by atoms with E-state index in [0.29, 0.717) is 48.1 Å². The summed E-state index contributed by atoms with van der Waals surface area (Å²) in [6.45, 7) is 20.3. The van der Waals surface area contributed by atoms with Gasteiger partial charge < -0.3 is 36.2 Å². The number of aromatic nitrogens is 4. The predicted molar refractivity (Wildman–Crippen MR) is 218 cm³/mol. The number of aliphatic hydroxyl groups is 1. The second kappa shape index (κ2) is 19.2. The third-order valence-corrected chi connectivity index (χ3v) is 11.0. The van der Waals surface area contributed by atoms with Gasteiger partial charge in [-0.25, -0.2) is 9.97 Å². The lowest BCUT2D eigenvalue weighted by atomic mass is 9.88. The molecule has 3 aromatic rings. The number of piperidine rings is 2. The number of allylic oxidation sites excluding steroid dienone is 1. The number of amides is 3. The maximum absolute atomic E-state index is 12.4. The van der Waals surface area contributed by atoms with Crippen LogP contribution in [-0.4, -0.2) is 111 Å². The van der Waals surface area contributed by atoms with Gasteiger partial charge in [0.2, 0.25) is 17.8 Å². The van der Waals surface area contributed by atoms with Gasteiger partial charge >= 0.3 is 5.91 Å². The van der Waals surface area contributed by atoms with E-state index in [0.717, 1.165) is 55.7 Å². The van der Waals surface area contributed by atoms with Crippen molar-refractivity contribution in [2.75, 3.05) is 61.1 Å². The maximum atomic E-state index is 12.4. The van der Waals surface area contributed by atoms with Crippen LogP contribution in [0.15, 0.2) is 48.8 Å². The van der Waals surface area contributed by atoms with Crippen molar-refractivity contribution in [3.8, 4) is 0 Å². The number of hydrogen-bond donors (Lipinski definition) is 7. The molecule has 1 aromatic carbocycles. The molecule has 4 unspecified atom stereocenters. The van der Waals surface area contributed by atoms with Gasteiger partial charge in [0.05, 0.1) is 17.2 Å². The molecule has 2 aliphatic carbocycles. The van der Waals surface area contributed by atoms with Gasteiger partial charge in [-0.3, -0.25) is 14.4 Å². The molecule has 2 aromatic heterocycles. The second-order valence-corrected chi connectivity index (χ2v) is 15.1. The van der Waals surface area contributed by atoms with E-state index in [1.807, 2.05) is 20.0 Å². The number of likely N-dealkylation sites (N-methyl/N-ethyl adjacent to an activating group) is 1. The van der Waals surface area contributed by atoms with Crippen LogP contribution < -0.4 is 32.1 Å². The molecule has 18 nitrogen and oxygen atoms in total. The Morgan fingerprint density at radius 2 is 1.48 bits per heavy atom. The fourth-order valence-corrected chi connectivity index (χ4v) is 8.06. The number of anilines is 5. The van der Waals surface area contributed by atoms with Crippen LogP contribution in [0.1, 0.15) is 53.6 Å². The summed E-state index contributed by atoms with van der Waals surface area (Å²) in [7, 11) is 2.13. The van der Waals surface area contributed by atoms with Crippen LogP contribution in [0.25, 0.3) is 9.91 Å². The Balaban J connectivity index is 0.000000196. The molecule has 304 valence electrons. The second-order valence-electron chi connectivity index (χ2n) is 15.1. The molecule has 7 rings (SSSR count).